The number of nitro groups is 1. The van der Waals surface area contributed by atoms with Crippen LogP contribution in [0.1, 0.15) is 23.2 Å². The van der Waals surface area contributed by atoms with Gasteiger partial charge in [0.15, 0.2) is 0 Å². The van der Waals surface area contributed by atoms with E-state index in [0.29, 0.717) is 5.75 Å². The average Bonchev–Trinajstić information content (AvgIpc) is 2.47. The maximum atomic E-state index is 12.2. The van der Waals surface area contributed by atoms with Crippen LogP contribution < -0.4 is 15.4 Å². The van der Waals surface area contributed by atoms with E-state index in [-0.39, 0.29) is 23.2 Å². The predicted molar refractivity (Wildman–Crippen MR) is 73.0 cm³/mol. The number of carbonyl (C=O) groups is 1. The Bertz CT molecular complexity index is 512. The summed E-state index contributed by atoms with van der Waals surface area (Å²) in [6, 6.07) is 4.10. The number of nitrogens with one attached hydrogen (secondary N) is 2. The molecule has 1 aromatic rings. The summed E-state index contributed by atoms with van der Waals surface area (Å²) in [6.45, 7) is 1.72. The average molecular weight is 279 g/mol. The maximum absolute atomic E-state index is 12.2. The smallest absolute Gasteiger partial charge is 0.270 e. The quantitative estimate of drug-likeness (QED) is 0.635. The zero-order chi connectivity index (χ0) is 14.5. The van der Waals surface area contributed by atoms with Gasteiger partial charge in [0, 0.05) is 18.2 Å². The zero-order valence-electron chi connectivity index (χ0n) is 11.2. The van der Waals surface area contributed by atoms with Crippen molar-refractivity contribution in [2.45, 2.75) is 18.9 Å². The van der Waals surface area contributed by atoms with Crippen LogP contribution in [0.4, 0.5) is 5.69 Å². The fourth-order valence-corrected chi connectivity index (χ4v) is 2.22. The number of non-ortho nitro benzene ring substituents is 1. The number of rotatable bonds is 4. The lowest BCUT2D eigenvalue weighted by Gasteiger charge is -2.23. The minimum atomic E-state index is -0.527. The lowest BCUT2D eigenvalue weighted by atomic mass is 10.1. The number of piperidine rings is 1. The van der Waals surface area contributed by atoms with Gasteiger partial charge in [-0.15, -0.1) is 0 Å². The molecule has 0 spiro atoms. The Kier molecular flexibility index (Phi) is 4.52. The largest absolute Gasteiger partial charge is 0.496 e. The molecule has 1 heterocycles. The van der Waals surface area contributed by atoms with Crippen molar-refractivity contribution in [1.82, 2.24) is 10.6 Å². The third kappa shape index (κ3) is 3.24. The maximum Gasteiger partial charge on any atom is 0.270 e. The molecule has 0 aliphatic carbocycles. The second kappa shape index (κ2) is 6.33. The van der Waals surface area contributed by atoms with Gasteiger partial charge in [0.2, 0.25) is 0 Å². The molecule has 0 aromatic heterocycles. The molecule has 1 aliphatic rings. The first-order valence-electron chi connectivity index (χ1n) is 6.46. The normalized spacial score (nSPS) is 15.7. The lowest BCUT2D eigenvalue weighted by Crippen LogP contribution is -2.42. The summed E-state index contributed by atoms with van der Waals surface area (Å²) < 4.78 is 5.09. The Hall–Kier alpha value is -2.15. The second-order valence-electron chi connectivity index (χ2n) is 4.64. The Morgan fingerprint density at radius 3 is 2.75 bits per heavy atom. The van der Waals surface area contributed by atoms with Gasteiger partial charge < -0.3 is 15.4 Å². The van der Waals surface area contributed by atoms with E-state index in [9.17, 15) is 14.9 Å². The molecule has 0 saturated carbocycles. The highest BCUT2D eigenvalue weighted by atomic mass is 16.6. The van der Waals surface area contributed by atoms with Crippen LogP contribution in [0.25, 0.3) is 0 Å². The van der Waals surface area contributed by atoms with Crippen molar-refractivity contribution in [3.8, 4) is 5.75 Å². The summed E-state index contributed by atoms with van der Waals surface area (Å²) in [5.41, 5.74) is 0.0708. The van der Waals surface area contributed by atoms with Gasteiger partial charge in [-0.25, -0.2) is 0 Å². The van der Waals surface area contributed by atoms with Crippen LogP contribution in [-0.2, 0) is 0 Å². The molecule has 1 aromatic carbocycles. The third-order valence-electron chi connectivity index (χ3n) is 3.31. The summed E-state index contributed by atoms with van der Waals surface area (Å²) >= 11 is 0. The van der Waals surface area contributed by atoms with Crippen molar-refractivity contribution in [3.05, 3.63) is 33.9 Å². The van der Waals surface area contributed by atoms with E-state index in [1.54, 1.807) is 0 Å². The van der Waals surface area contributed by atoms with Gasteiger partial charge in [-0.2, -0.15) is 0 Å². The molecule has 0 bridgehead atoms. The molecule has 20 heavy (non-hydrogen) atoms. The number of hydrogen-bond donors (Lipinski definition) is 2. The van der Waals surface area contributed by atoms with E-state index in [0.717, 1.165) is 25.9 Å². The van der Waals surface area contributed by atoms with Crippen LogP contribution in [-0.4, -0.2) is 37.1 Å². The van der Waals surface area contributed by atoms with Crippen LogP contribution in [0, 0.1) is 10.1 Å². The number of carbonyl (C=O) groups excluding carboxylic acids is 1. The molecule has 1 amide bonds. The predicted octanol–water partition coefficient (Wildman–Crippen LogP) is 1.09. The first-order chi connectivity index (χ1) is 9.61. The van der Waals surface area contributed by atoms with E-state index >= 15 is 0 Å². The fourth-order valence-electron chi connectivity index (χ4n) is 2.22. The van der Waals surface area contributed by atoms with Crippen LogP contribution in [0.15, 0.2) is 18.2 Å². The topological polar surface area (TPSA) is 93.5 Å². The molecule has 1 aliphatic heterocycles. The van der Waals surface area contributed by atoms with Gasteiger partial charge in [-0.05, 0) is 32.0 Å². The molecule has 0 atom stereocenters. The summed E-state index contributed by atoms with van der Waals surface area (Å²) in [4.78, 5) is 22.5. The second-order valence-corrected chi connectivity index (χ2v) is 4.64. The first kappa shape index (κ1) is 14.3. The highest BCUT2D eigenvalue weighted by Gasteiger charge is 2.21. The van der Waals surface area contributed by atoms with E-state index < -0.39 is 4.92 Å². The van der Waals surface area contributed by atoms with Crippen LogP contribution in [0.3, 0.4) is 0 Å². The van der Waals surface area contributed by atoms with Gasteiger partial charge in [0.1, 0.15) is 5.75 Å². The van der Waals surface area contributed by atoms with Crippen LogP contribution >= 0.6 is 0 Å². The zero-order valence-corrected chi connectivity index (χ0v) is 11.2. The Morgan fingerprint density at radius 1 is 1.45 bits per heavy atom. The summed E-state index contributed by atoms with van der Waals surface area (Å²) in [5, 5.41) is 16.9. The standard InChI is InChI=1S/C13H17N3O4/c1-20-12-3-2-10(16(18)19)8-11(12)13(17)15-9-4-6-14-7-5-9/h2-3,8-9,14H,4-7H2,1H3,(H,15,17). The van der Waals surface area contributed by atoms with Gasteiger partial charge in [0.05, 0.1) is 17.6 Å². The number of benzene rings is 1. The third-order valence-corrected chi connectivity index (χ3v) is 3.31. The minimum absolute atomic E-state index is 0.0905. The number of nitro benzene ring substituents is 1. The lowest BCUT2D eigenvalue weighted by molar-refractivity contribution is -0.384. The molecule has 2 N–H and O–H groups in total. The Balaban J connectivity index is 2.18. The fraction of sp³-hybridized carbons (Fsp3) is 0.462. The van der Waals surface area contributed by atoms with Crippen molar-refractivity contribution >= 4 is 11.6 Å². The monoisotopic (exact) mass is 279 g/mol. The van der Waals surface area contributed by atoms with E-state index in [2.05, 4.69) is 10.6 Å². The van der Waals surface area contributed by atoms with Crippen molar-refractivity contribution in [3.63, 3.8) is 0 Å². The minimum Gasteiger partial charge on any atom is -0.496 e. The molecular formula is C13H17N3O4. The van der Waals surface area contributed by atoms with Gasteiger partial charge in [-0.1, -0.05) is 0 Å². The summed E-state index contributed by atoms with van der Waals surface area (Å²) in [5.74, 6) is -0.000477. The highest BCUT2D eigenvalue weighted by molar-refractivity contribution is 5.97. The molecule has 2 rings (SSSR count). The number of ether oxygens (including phenoxy) is 1. The van der Waals surface area contributed by atoms with Crippen molar-refractivity contribution < 1.29 is 14.5 Å². The van der Waals surface area contributed by atoms with Gasteiger partial charge in [-0.3, -0.25) is 14.9 Å². The van der Waals surface area contributed by atoms with E-state index in [1.807, 2.05) is 0 Å². The molecule has 1 fully saturated rings. The van der Waals surface area contributed by atoms with E-state index in [4.69, 9.17) is 4.74 Å². The first-order valence-corrected chi connectivity index (χ1v) is 6.46. The van der Waals surface area contributed by atoms with Gasteiger partial charge >= 0.3 is 0 Å². The molecule has 7 nitrogen and oxygen atoms in total. The van der Waals surface area contributed by atoms with E-state index in [1.165, 1.54) is 25.3 Å². The Morgan fingerprint density at radius 2 is 2.15 bits per heavy atom. The van der Waals surface area contributed by atoms with Crippen molar-refractivity contribution in [1.29, 1.82) is 0 Å². The summed E-state index contributed by atoms with van der Waals surface area (Å²) in [7, 11) is 1.43. The molecule has 0 unspecified atom stereocenters. The molecule has 7 heteroatoms. The SMILES string of the molecule is COc1ccc([N+](=O)[O-])cc1C(=O)NC1CCNCC1. The van der Waals surface area contributed by atoms with Crippen LogP contribution in [0.5, 0.6) is 5.75 Å². The molecule has 108 valence electrons. The van der Waals surface area contributed by atoms with Crippen molar-refractivity contribution in [2.75, 3.05) is 20.2 Å². The molecule has 0 radical (unpaired) electrons. The van der Waals surface area contributed by atoms with Crippen LogP contribution in [0.2, 0.25) is 0 Å². The number of nitrogens with zero attached hydrogens (tertiary/aromatic N) is 1. The van der Waals surface area contributed by atoms with Crippen molar-refractivity contribution in [2.24, 2.45) is 0 Å². The Labute approximate surface area is 116 Å². The molecular weight excluding hydrogens is 262 g/mol. The summed E-state index contributed by atoms with van der Waals surface area (Å²) in [6.07, 6.45) is 1.70. The number of methoxy groups -OCH3 is 1. The number of amides is 1. The van der Waals surface area contributed by atoms with Gasteiger partial charge in [0.25, 0.3) is 11.6 Å². The highest BCUT2D eigenvalue weighted by Crippen LogP contribution is 2.24. The number of hydrogen-bond acceptors (Lipinski definition) is 5. The molecule has 1 saturated heterocycles.